The van der Waals surface area contributed by atoms with Crippen molar-refractivity contribution < 1.29 is 17.6 Å². The number of halogens is 1. The Kier molecular flexibility index (Phi) is 6.82. The summed E-state index contributed by atoms with van der Waals surface area (Å²) in [6.07, 6.45) is 1.41. The zero-order chi connectivity index (χ0) is 21.1. The summed E-state index contributed by atoms with van der Waals surface area (Å²) in [5.41, 5.74) is 2.92. The van der Waals surface area contributed by atoms with E-state index in [1.54, 1.807) is 32.0 Å². The van der Waals surface area contributed by atoms with Crippen LogP contribution in [0, 0.1) is 19.7 Å². The summed E-state index contributed by atoms with van der Waals surface area (Å²) in [4.78, 5) is 13.0. The molecule has 0 radical (unpaired) electrons. The molecular weight excluding hydrogens is 379 g/mol. The first-order valence-corrected chi connectivity index (χ1v) is 11.0. The lowest BCUT2D eigenvalue weighted by Gasteiger charge is -2.32. The van der Waals surface area contributed by atoms with Crippen molar-refractivity contribution in [2.75, 3.05) is 10.6 Å². The zero-order valence-electron chi connectivity index (χ0n) is 16.9. The molecule has 2 atom stereocenters. The van der Waals surface area contributed by atoms with Crippen LogP contribution in [0.25, 0.3) is 0 Å². The number of rotatable bonds is 7. The van der Waals surface area contributed by atoms with Crippen molar-refractivity contribution in [1.29, 1.82) is 0 Å². The van der Waals surface area contributed by atoms with E-state index in [1.807, 2.05) is 26.0 Å². The third kappa shape index (κ3) is 5.10. The first-order chi connectivity index (χ1) is 13.0. The Labute approximate surface area is 166 Å². The minimum Gasteiger partial charge on any atom is -0.348 e. The van der Waals surface area contributed by atoms with Gasteiger partial charge in [-0.15, -0.1) is 0 Å². The number of nitrogens with one attached hydrogen (secondary N) is 1. The van der Waals surface area contributed by atoms with Crippen LogP contribution in [0.15, 0.2) is 42.5 Å². The second-order valence-corrected chi connectivity index (χ2v) is 8.91. The van der Waals surface area contributed by atoms with Gasteiger partial charge in [0.15, 0.2) is 0 Å². The van der Waals surface area contributed by atoms with Crippen molar-refractivity contribution in [3.8, 4) is 0 Å². The third-order valence-corrected chi connectivity index (χ3v) is 5.83. The summed E-state index contributed by atoms with van der Waals surface area (Å²) in [5, 5.41) is 2.86. The van der Waals surface area contributed by atoms with Gasteiger partial charge in [-0.3, -0.25) is 9.10 Å². The van der Waals surface area contributed by atoms with Gasteiger partial charge in [0.2, 0.25) is 15.9 Å². The third-order valence-electron chi connectivity index (χ3n) is 4.66. The van der Waals surface area contributed by atoms with E-state index < -0.39 is 22.0 Å². The molecule has 0 aliphatic carbocycles. The summed E-state index contributed by atoms with van der Waals surface area (Å²) in [6, 6.07) is 10.1. The lowest BCUT2D eigenvalue weighted by molar-refractivity contribution is -0.122. The molecule has 0 unspecified atom stereocenters. The molecule has 5 nitrogen and oxygen atoms in total. The molecule has 0 saturated carbocycles. The standard InChI is InChI=1S/C21H27FN2O3S/c1-6-19(21(25)23-16(4)17-9-11-18(22)12-10-17)24(28(5,26)27)20-13-14(2)7-8-15(20)3/h7-13,16,19H,6H2,1-5H3,(H,23,25)/t16-,19-/m0/s1. The van der Waals surface area contributed by atoms with Crippen LogP contribution in [0.4, 0.5) is 10.1 Å². The summed E-state index contributed by atoms with van der Waals surface area (Å²) in [5.74, 6) is -0.752. The highest BCUT2D eigenvalue weighted by Gasteiger charge is 2.33. The quantitative estimate of drug-likeness (QED) is 0.759. The number of hydrogen-bond donors (Lipinski definition) is 1. The summed E-state index contributed by atoms with van der Waals surface area (Å²) in [7, 11) is -3.70. The lowest BCUT2D eigenvalue weighted by Crippen LogP contribution is -2.50. The first kappa shape index (κ1) is 21.9. The molecule has 7 heteroatoms. The highest BCUT2D eigenvalue weighted by Crippen LogP contribution is 2.28. The van der Waals surface area contributed by atoms with Crippen LogP contribution in [-0.4, -0.2) is 26.6 Å². The Bertz CT molecular complexity index is 943. The highest BCUT2D eigenvalue weighted by molar-refractivity contribution is 7.92. The van der Waals surface area contributed by atoms with Crippen molar-refractivity contribution in [1.82, 2.24) is 5.32 Å². The number of amides is 1. The highest BCUT2D eigenvalue weighted by atomic mass is 32.2. The number of anilines is 1. The molecule has 0 aromatic heterocycles. The van der Waals surface area contributed by atoms with Gasteiger partial charge < -0.3 is 5.32 Å². The van der Waals surface area contributed by atoms with Crippen LogP contribution >= 0.6 is 0 Å². The number of sulfonamides is 1. The van der Waals surface area contributed by atoms with Crippen LogP contribution in [0.2, 0.25) is 0 Å². The molecule has 152 valence electrons. The molecule has 0 spiro atoms. The first-order valence-electron chi connectivity index (χ1n) is 9.17. The molecule has 1 amide bonds. The molecule has 1 N–H and O–H groups in total. The average Bonchev–Trinajstić information content (AvgIpc) is 2.61. The minimum absolute atomic E-state index is 0.308. The van der Waals surface area contributed by atoms with Crippen LogP contribution in [-0.2, 0) is 14.8 Å². The fourth-order valence-electron chi connectivity index (χ4n) is 3.14. The van der Waals surface area contributed by atoms with E-state index in [2.05, 4.69) is 5.32 Å². The van der Waals surface area contributed by atoms with Crippen molar-refractivity contribution >= 4 is 21.6 Å². The number of carbonyl (C=O) groups excluding carboxylic acids is 1. The van der Waals surface area contributed by atoms with Crippen molar-refractivity contribution in [3.05, 3.63) is 65.0 Å². The van der Waals surface area contributed by atoms with Gasteiger partial charge in [-0.25, -0.2) is 12.8 Å². The lowest BCUT2D eigenvalue weighted by atomic mass is 10.1. The van der Waals surface area contributed by atoms with Crippen molar-refractivity contribution in [3.63, 3.8) is 0 Å². The zero-order valence-corrected chi connectivity index (χ0v) is 17.7. The Morgan fingerprint density at radius 1 is 1.14 bits per heavy atom. The second-order valence-electron chi connectivity index (χ2n) is 7.05. The van der Waals surface area contributed by atoms with Gasteiger partial charge in [0.05, 0.1) is 18.0 Å². The van der Waals surface area contributed by atoms with E-state index in [0.717, 1.165) is 22.9 Å². The largest absolute Gasteiger partial charge is 0.348 e. The normalized spacial score (nSPS) is 13.6. The molecule has 0 saturated heterocycles. The Morgan fingerprint density at radius 2 is 1.75 bits per heavy atom. The van der Waals surface area contributed by atoms with Crippen molar-refractivity contribution in [2.24, 2.45) is 0 Å². The topological polar surface area (TPSA) is 66.5 Å². The van der Waals surface area contributed by atoms with E-state index in [9.17, 15) is 17.6 Å². The maximum Gasteiger partial charge on any atom is 0.244 e. The molecule has 0 fully saturated rings. The molecule has 0 bridgehead atoms. The molecular formula is C21H27FN2O3S. The van der Waals surface area contributed by atoms with Crippen LogP contribution in [0.5, 0.6) is 0 Å². The molecule has 2 rings (SSSR count). The predicted molar refractivity (Wildman–Crippen MR) is 110 cm³/mol. The number of carbonyl (C=O) groups is 1. The smallest absolute Gasteiger partial charge is 0.244 e. The number of benzene rings is 2. The number of aryl methyl sites for hydroxylation is 2. The van der Waals surface area contributed by atoms with Gasteiger partial charge in [0, 0.05) is 0 Å². The minimum atomic E-state index is -3.70. The summed E-state index contributed by atoms with van der Waals surface area (Å²) >= 11 is 0. The number of nitrogens with zero attached hydrogens (tertiary/aromatic N) is 1. The summed E-state index contributed by atoms with van der Waals surface area (Å²) < 4.78 is 39.5. The van der Waals surface area contributed by atoms with E-state index >= 15 is 0 Å². The fraction of sp³-hybridized carbons (Fsp3) is 0.381. The predicted octanol–water partition coefficient (Wildman–Crippen LogP) is 3.86. The van der Waals surface area contributed by atoms with Gasteiger partial charge in [0.1, 0.15) is 11.9 Å². The molecule has 0 heterocycles. The van der Waals surface area contributed by atoms with E-state index in [-0.39, 0.29) is 11.9 Å². The fourth-order valence-corrected chi connectivity index (χ4v) is 4.40. The Balaban J connectivity index is 2.36. The maximum absolute atomic E-state index is 13.1. The van der Waals surface area contributed by atoms with Gasteiger partial charge in [0.25, 0.3) is 0 Å². The summed E-state index contributed by atoms with van der Waals surface area (Å²) in [6.45, 7) is 7.25. The van der Waals surface area contributed by atoms with E-state index in [0.29, 0.717) is 12.1 Å². The Morgan fingerprint density at radius 3 is 2.29 bits per heavy atom. The molecule has 2 aromatic carbocycles. The van der Waals surface area contributed by atoms with Gasteiger partial charge in [-0.1, -0.05) is 31.2 Å². The van der Waals surface area contributed by atoms with Crippen LogP contribution in [0.3, 0.4) is 0 Å². The van der Waals surface area contributed by atoms with E-state index in [1.165, 1.54) is 16.4 Å². The van der Waals surface area contributed by atoms with Gasteiger partial charge >= 0.3 is 0 Å². The van der Waals surface area contributed by atoms with Crippen molar-refractivity contribution in [2.45, 2.75) is 46.2 Å². The van der Waals surface area contributed by atoms with Gasteiger partial charge in [-0.05, 0) is 62.1 Å². The average molecular weight is 407 g/mol. The van der Waals surface area contributed by atoms with Crippen LogP contribution in [0.1, 0.15) is 43.0 Å². The van der Waals surface area contributed by atoms with E-state index in [4.69, 9.17) is 0 Å². The molecule has 2 aromatic rings. The second kappa shape index (κ2) is 8.73. The molecule has 0 aliphatic rings. The van der Waals surface area contributed by atoms with Gasteiger partial charge in [-0.2, -0.15) is 0 Å². The SMILES string of the molecule is CC[C@@H](C(=O)N[C@@H](C)c1ccc(F)cc1)N(c1cc(C)ccc1C)S(C)(=O)=O. The number of hydrogen-bond acceptors (Lipinski definition) is 3. The maximum atomic E-state index is 13.1. The Hall–Kier alpha value is -2.41. The molecule has 28 heavy (non-hydrogen) atoms. The molecule has 0 aliphatic heterocycles. The van der Waals surface area contributed by atoms with Crippen LogP contribution < -0.4 is 9.62 Å². The monoisotopic (exact) mass is 406 g/mol.